The van der Waals surface area contributed by atoms with E-state index in [0.717, 1.165) is 37.2 Å². The molecule has 0 amide bonds. The van der Waals surface area contributed by atoms with Crippen LogP contribution in [0.4, 0.5) is 0 Å². The molecule has 0 aliphatic heterocycles. The highest BCUT2D eigenvalue weighted by atomic mass is 32.2. The highest BCUT2D eigenvalue weighted by molar-refractivity contribution is 7.99. The number of rotatable bonds is 9. The third-order valence-electron chi connectivity index (χ3n) is 3.49. The molecule has 0 radical (unpaired) electrons. The van der Waals surface area contributed by atoms with Gasteiger partial charge in [-0.1, -0.05) is 32.0 Å². The van der Waals surface area contributed by atoms with Crippen molar-refractivity contribution in [1.29, 1.82) is 0 Å². The van der Waals surface area contributed by atoms with E-state index in [1.807, 2.05) is 30.2 Å². The van der Waals surface area contributed by atoms with E-state index in [0.29, 0.717) is 12.5 Å². The zero-order valence-electron chi connectivity index (χ0n) is 15.4. The molecule has 0 unspecified atom stereocenters. The molecule has 25 heavy (non-hydrogen) atoms. The van der Waals surface area contributed by atoms with Gasteiger partial charge in [0.2, 0.25) is 0 Å². The minimum Gasteiger partial charge on any atom is -0.357 e. The summed E-state index contributed by atoms with van der Waals surface area (Å²) in [6.45, 7) is 9.77. The Bertz CT molecular complexity index is 636. The van der Waals surface area contributed by atoms with E-state index >= 15 is 0 Å². The van der Waals surface area contributed by atoms with Crippen molar-refractivity contribution in [2.24, 2.45) is 10.9 Å². The minimum absolute atomic E-state index is 0.584. The maximum absolute atomic E-state index is 4.67. The summed E-state index contributed by atoms with van der Waals surface area (Å²) >= 11 is 1.84. The van der Waals surface area contributed by atoms with Gasteiger partial charge in [0.15, 0.2) is 5.96 Å². The van der Waals surface area contributed by atoms with Gasteiger partial charge in [0, 0.05) is 42.7 Å². The van der Waals surface area contributed by atoms with Crippen LogP contribution in [0.3, 0.4) is 0 Å². The number of aromatic nitrogens is 2. The molecule has 0 aliphatic carbocycles. The predicted molar refractivity (Wildman–Crippen MR) is 107 cm³/mol. The Morgan fingerprint density at radius 2 is 2.04 bits per heavy atom. The van der Waals surface area contributed by atoms with Gasteiger partial charge in [-0.15, -0.1) is 11.8 Å². The highest BCUT2D eigenvalue weighted by Gasteiger charge is 2.05. The van der Waals surface area contributed by atoms with E-state index in [-0.39, 0.29) is 0 Å². The molecule has 0 saturated carbocycles. The standard InChI is InChI=1S/C19H29N5S/c1-4-20-19(22-11-13-25-17-8-6-5-7-9-17)23-14-18-21-10-12-24(18)15-16(2)3/h5-10,12,16H,4,11,13-15H2,1-3H3,(H2,20,22,23). The van der Waals surface area contributed by atoms with Crippen LogP contribution in [0.2, 0.25) is 0 Å². The second-order valence-corrected chi connectivity index (χ2v) is 7.34. The van der Waals surface area contributed by atoms with Crippen LogP contribution < -0.4 is 10.6 Å². The van der Waals surface area contributed by atoms with Crippen molar-refractivity contribution in [3.8, 4) is 0 Å². The fourth-order valence-electron chi connectivity index (χ4n) is 2.40. The fourth-order valence-corrected chi connectivity index (χ4v) is 3.19. The molecule has 2 aromatic rings. The first-order valence-corrected chi connectivity index (χ1v) is 9.87. The number of imidazole rings is 1. The molecule has 1 aromatic carbocycles. The van der Waals surface area contributed by atoms with Gasteiger partial charge in [0.1, 0.15) is 12.4 Å². The lowest BCUT2D eigenvalue weighted by molar-refractivity contribution is 0.507. The van der Waals surface area contributed by atoms with E-state index in [4.69, 9.17) is 0 Å². The van der Waals surface area contributed by atoms with Gasteiger partial charge in [0.05, 0.1) is 0 Å². The molecule has 6 heteroatoms. The van der Waals surface area contributed by atoms with E-state index in [1.54, 1.807) is 0 Å². The Hall–Kier alpha value is -1.95. The molecule has 1 aromatic heterocycles. The first-order valence-electron chi connectivity index (χ1n) is 8.89. The molecule has 1 heterocycles. The van der Waals surface area contributed by atoms with E-state index < -0.39 is 0 Å². The Kier molecular flexibility index (Phi) is 8.39. The van der Waals surface area contributed by atoms with Gasteiger partial charge in [-0.3, -0.25) is 0 Å². The number of benzene rings is 1. The summed E-state index contributed by atoms with van der Waals surface area (Å²) in [6, 6.07) is 10.5. The van der Waals surface area contributed by atoms with Crippen molar-refractivity contribution in [3.05, 3.63) is 48.5 Å². The summed E-state index contributed by atoms with van der Waals surface area (Å²) < 4.78 is 2.18. The average Bonchev–Trinajstić information content (AvgIpc) is 3.03. The highest BCUT2D eigenvalue weighted by Crippen LogP contribution is 2.15. The Morgan fingerprint density at radius 3 is 2.76 bits per heavy atom. The Morgan fingerprint density at radius 1 is 1.24 bits per heavy atom. The topological polar surface area (TPSA) is 54.2 Å². The second-order valence-electron chi connectivity index (χ2n) is 6.17. The van der Waals surface area contributed by atoms with Crippen molar-refractivity contribution in [2.75, 3.05) is 18.8 Å². The molecule has 2 N–H and O–H groups in total. The van der Waals surface area contributed by atoms with Gasteiger partial charge in [0.25, 0.3) is 0 Å². The van der Waals surface area contributed by atoms with Gasteiger partial charge in [-0.05, 0) is 25.0 Å². The Labute approximate surface area is 155 Å². The van der Waals surface area contributed by atoms with Crippen LogP contribution >= 0.6 is 11.8 Å². The molecule has 0 spiro atoms. The third-order valence-corrected chi connectivity index (χ3v) is 4.51. The van der Waals surface area contributed by atoms with Gasteiger partial charge >= 0.3 is 0 Å². The predicted octanol–water partition coefficient (Wildman–Crippen LogP) is 3.39. The number of nitrogens with one attached hydrogen (secondary N) is 2. The lowest BCUT2D eigenvalue weighted by Crippen LogP contribution is -2.38. The van der Waals surface area contributed by atoms with Crippen LogP contribution in [0.1, 0.15) is 26.6 Å². The Balaban J connectivity index is 1.82. The number of thioether (sulfide) groups is 1. The number of aliphatic imine (C=N–C) groups is 1. The molecule has 0 saturated heterocycles. The van der Waals surface area contributed by atoms with Crippen molar-refractivity contribution in [1.82, 2.24) is 20.2 Å². The summed E-state index contributed by atoms with van der Waals surface area (Å²) in [4.78, 5) is 10.4. The number of hydrogen-bond donors (Lipinski definition) is 2. The molecular formula is C19H29N5S. The molecule has 0 bridgehead atoms. The van der Waals surface area contributed by atoms with E-state index in [1.165, 1.54) is 4.90 Å². The quantitative estimate of drug-likeness (QED) is 0.312. The minimum atomic E-state index is 0.584. The van der Waals surface area contributed by atoms with Crippen LogP contribution in [-0.4, -0.2) is 34.4 Å². The van der Waals surface area contributed by atoms with Gasteiger partial charge in [-0.2, -0.15) is 0 Å². The SMILES string of the molecule is CCNC(=NCc1nccn1CC(C)C)NCCSc1ccccc1. The average molecular weight is 360 g/mol. The van der Waals surface area contributed by atoms with Crippen LogP contribution in [0.15, 0.2) is 52.6 Å². The third kappa shape index (κ3) is 7.22. The van der Waals surface area contributed by atoms with Crippen molar-refractivity contribution >= 4 is 17.7 Å². The lowest BCUT2D eigenvalue weighted by atomic mass is 10.2. The number of guanidine groups is 1. The summed E-state index contributed by atoms with van der Waals surface area (Å²) in [5, 5.41) is 6.69. The number of hydrogen-bond acceptors (Lipinski definition) is 3. The summed E-state index contributed by atoms with van der Waals surface area (Å²) in [5.74, 6) is 3.44. The molecule has 5 nitrogen and oxygen atoms in total. The smallest absolute Gasteiger partial charge is 0.191 e. The number of nitrogens with zero attached hydrogens (tertiary/aromatic N) is 3. The molecule has 2 rings (SSSR count). The molecule has 136 valence electrons. The molecular weight excluding hydrogens is 330 g/mol. The van der Waals surface area contributed by atoms with E-state index in [2.05, 4.69) is 70.2 Å². The van der Waals surface area contributed by atoms with Crippen LogP contribution in [0.5, 0.6) is 0 Å². The maximum Gasteiger partial charge on any atom is 0.191 e. The lowest BCUT2D eigenvalue weighted by Gasteiger charge is -2.12. The maximum atomic E-state index is 4.67. The first kappa shape index (κ1) is 19.4. The summed E-state index contributed by atoms with van der Waals surface area (Å²) in [7, 11) is 0. The van der Waals surface area contributed by atoms with Gasteiger partial charge in [-0.25, -0.2) is 9.98 Å². The zero-order chi connectivity index (χ0) is 17.9. The molecule has 0 aliphatic rings. The van der Waals surface area contributed by atoms with Gasteiger partial charge < -0.3 is 15.2 Å². The normalized spacial score (nSPS) is 11.8. The van der Waals surface area contributed by atoms with Crippen molar-refractivity contribution in [2.45, 2.75) is 38.8 Å². The van der Waals surface area contributed by atoms with Crippen molar-refractivity contribution in [3.63, 3.8) is 0 Å². The fraction of sp³-hybridized carbons (Fsp3) is 0.474. The van der Waals surface area contributed by atoms with Crippen LogP contribution in [-0.2, 0) is 13.1 Å². The first-order chi connectivity index (χ1) is 12.2. The van der Waals surface area contributed by atoms with E-state index in [9.17, 15) is 0 Å². The zero-order valence-corrected chi connectivity index (χ0v) is 16.2. The molecule has 0 fully saturated rings. The van der Waals surface area contributed by atoms with Crippen LogP contribution in [0, 0.1) is 5.92 Å². The molecule has 0 atom stereocenters. The summed E-state index contributed by atoms with van der Waals surface area (Å²) in [5.41, 5.74) is 0. The van der Waals surface area contributed by atoms with Crippen molar-refractivity contribution < 1.29 is 0 Å². The monoisotopic (exact) mass is 359 g/mol. The largest absolute Gasteiger partial charge is 0.357 e. The second kappa shape index (κ2) is 10.8. The summed E-state index contributed by atoms with van der Waals surface area (Å²) in [6.07, 6.45) is 3.88. The van der Waals surface area contributed by atoms with Crippen LogP contribution in [0.25, 0.3) is 0 Å².